The van der Waals surface area contributed by atoms with Gasteiger partial charge in [-0.15, -0.1) is 0 Å². The molecule has 0 aliphatic carbocycles. The van der Waals surface area contributed by atoms with Gasteiger partial charge in [-0.1, -0.05) is 19.9 Å². The fourth-order valence-corrected chi connectivity index (χ4v) is 3.01. The number of hydrogen-bond donors (Lipinski definition) is 3. The summed E-state index contributed by atoms with van der Waals surface area (Å²) in [5.74, 6) is 0.858. The maximum Gasteiger partial charge on any atom is 0.251 e. The summed E-state index contributed by atoms with van der Waals surface area (Å²) in [6, 6.07) is 6.36. The number of phenolic OH excluding ortho intramolecular Hbond substituents is 1. The summed E-state index contributed by atoms with van der Waals surface area (Å²) in [6.45, 7) is 14.1. The molecule has 1 fully saturated rings. The molecule has 0 unspecified atom stereocenters. The third-order valence-corrected chi connectivity index (χ3v) is 5.47. The van der Waals surface area contributed by atoms with E-state index >= 15 is 0 Å². The number of rotatable bonds is 6. The molecule has 1 aliphatic rings. The van der Waals surface area contributed by atoms with Crippen molar-refractivity contribution in [3.05, 3.63) is 29.8 Å². The fourth-order valence-electron chi connectivity index (χ4n) is 3.01. The second kappa shape index (κ2) is 7.98. The molecule has 1 saturated heterocycles. The van der Waals surface area contributed by atoms with E-state index in [1.54, 1.807) is 18.2 Å². The second-order valence-corrected chi connectivity index (χ2v) is 7.92. The van der Waals surface area contributed by atoms with Crippen molar-refractivity contribution < 1.29 is 9.90 Å². The summed E-state index contributed by atoms with van der Waals surface area (Å²) in [5.41, 5.74) is 0.794. The van der Waals surface area contributed by atoms with Crippen LogP contribution in [0.3, 0.4) is 0 Å². The minimum atomic E-state index is -0.178. The van der Waals surface area contributed by atoms with E-state index in [0.717, 1.165) is 25.5 Å². The lowest BCUT2D eigenvalue weighted by molar-refractivity contribution is -0.0667. The van der Waals surface area contributed by atoms with Crippen molar-refractivity contribution >= 4 is 11.9 Å². The number of aromatic hydroxyl groups is 1. The Labute approximate surface area is 156 Å². The van der Waals surface area contributed by atoms with E-state index in [4.69, 9.17) is 4.99 Å². The lowest BCUT2D eigenvalue weighted by Gasteiger charge is -2.62. The van der Waals surface area contributed by atoms with Crippen LogP contribution in [-0.2, 0) is 0 Å². The number of phenols is 1. The Morgan fingerprint density at radius 3 is 2.58 bits per heavy atom. The van der Waals surface area contributed by atoms with Crippen molar-refractivity contribution in [2.24, 2.45) is 10.4 Å². The van der Waals surface area contributed by atoms with Crippen molar-refractivity contribution in [1.29, 1.82) is 0 Å². The van der Waals surface area contributed by atoms with Gasteiger partial charge in [-0.25, -0.2) is 0 Å². The molecule has 2 rings (SSSR count). The monoisotopic (exact) mass is 360 g/mol. The van der Waals surface area contributed by atoms with Gasteiger partial charge >= 0.3 is 0 Å². The van der Waals surface area contributed by atoms with Gasteiger partial charge in [-0.3, -0.25) is 9.79 Å². The van der Waals surface area contributed by atoms with E-state index in [-0.39, 0.29) is 22.6 Å². The van der Waals surface area contributed by atoms with E-state index < -0.39 is 0 Å². The van der Waals surface area contributed by atoms with Crippen LogP contribution in [0.5, 0.6) is 5.75 Å². The third kappa shape index (κ3) is 4.29. The van der Waals surface area contributed by atoms with E-state index in [1.807, 2.05) is 0 Å². The maximum atomic E-state index is 12.0. The Morgan fingerprint density at radius 2 is 2.00 bits per heavy atom. The highest BCUT2D eigenvalue weighted by molar-refractivity contribution is 5.94. The number of aliphatic imine (C=N–C) groups is 1. The largest absolute Gasteiger partial charge is 0.508 e. The van der Waals surface area contributed by atoms with Crippen LogP contribution in [0.25, 0.3) is 0 Å². The Morgan fingerprint density at radius 1 is 1.27 bits per heavy atom. The van der Waals surface area contributed by atoms with Gasteiger partial charge in [0, 0.05) is 42.7 Å². The Hall–Kier alpha value is -2.24. The van der Waals surface area contributed by atoms with Gasteiger partial charge in [0.15, 0.2) is 5.96 Å². The topological polar surface area (TPSA) is 77.0 Å². The molecule has 1 aromatic rings. The molecule has 3 N–H and O–H groups in total. The summed E-state index contributed by atoms with van der Waals surface area (Å²) in [5, 5.41) is 15.7. The molecule has 1 heterocycles. The standard InChI is InChI=1S/C20H32N4O2/c1-6-21-18(24-14-19(2,3)20(24,4)5)23-12-8-11-22-17(26)15-9-7-10-16(25)13-15/h7,9-10,13,25H,6,8,11-12,14H2,1-5H3,(H,21,23)(H,22,26). The van der Waals surface area contributed by atoms with Crippen molar-refractivity contribution in [3.63, 3.8) is 0 Å². The zero-order valence-electron chi connectivity index (χ0n) is 16.6. The predicted octanol–water partition coefficient (Wildman–Crippen LogP) is 2.60. The molecule has 1 aliphatic heterocycles. The number of amides is 1. The Bertz CT molecular complexity index is 668. The number of carbonyl (C=O) groups is 1. The van der Waals surface area contributed by atoms with Gasteiger partial charge in [0.05, 0.1) is 0 Å². The first-order chi connectivity index (χ1) is 12.2. The van der Waals surface area contributed by atoms with E-state index in [9.17, 15) is 9.90 Å². The molecule has 0 radical (unpaired) electrons. The summed E-state index contributed by atoms with van der Waals surface area (Å²) < 4.78 is 0. The van der Waals surface area contributed by atoms with Crippen LogP contribution in [0.2, 0.25) is 0 Å². The van der Waals surface area contributed by atoms with Crippen LogP contribution in [0.15, 0.2) is 29.3 Å². The van der Waals surface area contributed by atoms with Crippen LogP contribution in [0.1, 0.15) is 51.4 Å². The molecule has 1 amide bonds. The van der Waals surface area contributed by atoms with Crippen LogP contribution < -0.4 is 10.6 Å². The van der Waals surface area contributed by atoms with Gasteiger partial charge in [-0.2, -0.15) is 0 Å². The number of likely N-dealkylation sites (tertiary alicyclic amines) is 1. The number of benzene rings is 1. The van der Waals surface area contributed by atoms with Crippen LogP contribution in [0.4, 0.5) is 0 Å². The normalized spacial score (nSPS) is 18.2. The summed E-state index contributed by atoms with van der Waals surface area (Å²) in [7, 11) is 0. The smallest absolute Gasteiger partial charge is 0.251 e. The predicted molar refractivity (Wildman–Crippen MR) is 106 cm³/mol. The first kappa shape index (κ1) is 20.1. The number of nitrogens with one attached hydrogen (secondary N) is 2. The fraction of sp³-hybridized carbons (Fsp3) is 0.600. The first-order valence-corrected chi connectivity index (χ1v) is 9.32. The Kier molecular flexibility index (Phi) is 6.16. The first-order valence-electron chi connectivity index (χ1n) is 9.32. The molecule has 0 atom stereocenters. The quantitative estimate of drug-likeness (QED) is 0.414. The van der Waals surface area contributed by atoms with Crippen LogP contribution in [0, 0.1) is 5.41 Å². The summed E-state index contributed by atoms with van der Waals surface area (Å²) in [6.07, 6.45) is 0.761. The molecule has 6 nitrogen and oxygen atoms in total. The van der Waals surface area contributed by atoms with Crippen molar-refractivity contribution in [2.75, 3.05) is 26.2 Å². The summed E-state index contributed by atoms with van der Waals surface area (Å²) in [4.78, 5) is 19.1. The van der Waals surface area contributed by atoms with Crippen molar-refractivity contribution in [3.8, 4) is 5.75 Å². The molecule has 0 aromatic heterocycles. The molecular formula is C20H32N4O2. The summed E-state index contributed by atoms with van der Waals surface area (Å²) >= 11 is 0. The van der Waals surface area contributed by atoms with Crippen LogP contribution >= 0.6 is 0 Å². The zero-order valence-corrected chi connectivity index (χ0v) is 16.6. The lowest BCUT2D eigenvalue weighted by atomic mass is 9.65. The van der Waals surface area contributed by atoms with Crippen molar-refractivity contribution in [2.45, 2.75) is 46.6 Å². The highest BCUT2D eigenvalue weighted by Crippen LogP contribution is 2.46. The molecule has 0 saturated carbocycles. The average Bonchev–Trinajstić information content (AvgIpc) is 2.58. The molecule has 0 bridgehead atoms. The highest BCUT2D eigenvalue weighted by Gasteiger charge is 2.53. The van der Waals surface area contributed by atoms with Crippen LogP contribution in [-0.4, -0.2) is 53.6 Å². The molecule has 0 spiro atoms. The van der Waals surface area contributed by atoms with Gasteiger partial charge < -0.3 is 20.6 Å². The van der Waals surface area contributed by atoms with Gasteiger partial charge in [0.25, 0.3) is 5.91 Å². The Balaban J connectivity index is 1.83. The number of carbonyl (C=O) groups excluding carboxylic acids is 1. The average molecular weight is 361 g/mol. The van der Waals surface area contributed by atoms with Gasteiger partial charge in [0.1, 0.15) is 5.75 Å². The molecule has 26 heavy (non-hydrogen) atoms. The minimum Gasteiger partial charge on any atom is -0.508 e. The number of hydrogen-bond acceptors (Lipinski definition) is 3. The SMILES string of the molecule is CCNC(=NCCCNC(=O)c1cccc(O)c1)N1CC(C)(C)C1(C)C. The number of guanidine groups is 1. The van der Waals surface area contributed by atoms with E-state index in [1.165, 1.54) is 6.07 Å². The molecule has 1 aromatic carbocycles. The zero-order chi connectivity index (χ0) is 19.4. The lowest BCUT2D eigenvalue weighted by Crippen LogP contribution is -2.72. The van der Waals surface area contributed by atoms with Gasteiger partial charge in [-0.05, 0) is 45.4 Å². The molecule has 6 heteroatoms. The van der Waals surface area contributed by atoms with E-state index in [0.29, 0.717) is 18.7 Å². The third-order valence-electron chi connectivity index (χ3n) is 5.47. The van der Waals surface area contributed by atoms with E-state index in [2.05, 4.69) is 50.2 Å². The highest BCUT2D eigenvalue weighted by atomic mass is 16.3. The minimum absolute atomic E-state index is 0.0670. The second-order valence-electron chi connectivity index (χ2n) is 7.92. The van der Waals surface area contributed by atoms with Gasteiger partial charge in [0.2, 0.25) is 0 Å². The molecule has 144 valence electrons. The maximum absolute atomic E-state index is 12.0. The molecular weight excluding hydrogens is 328 g/mol. The van der Waals surface area contributed by atoms with Crippen molar-refractivity contribution in [1.82, 2.24) is 15.5 Å². The number of nitrogens with zero attached hydrogens (tertiary/aromatic N) is 2.